The molecule has 0 heterocycles. The van der Waals surface area contributed by atoms with Crippen molar-refractivity contribution in [2.24, 2.45) is 0 Å². The van der Waals surface area contributed by atoms with Gasteiger partial charge in [0.1, 0.15) is 18.1 Å². The molecule has 0 fully saturated rings. The van der Waals surface area contributed by atoms with Crippen molar-refractivity contribution >= 4 is 39.1 Å². The number of carbonyl (C=O) groups excluding carboxylic acids is 1. The summed E-state index contributed by atoms with van der Waals surface area (Å²) in [5.41, 5.74) is 0.714. The van der Waals surface area contributed by atoms with E-state index in [2.05, 4.69) is 5.32 Å². The van der Waals surface area contributed by atoms with Crippen LogP contribution in [0.2, 0.25) is 0 Å². The predicted molar refractivity (Wildman–Crippen MR) is 140 cm³/mol. The molecule has 0 saturated carbocycles. The molecule has 1 amide bonds. The number of methoxy groups -OCH3 is 1. The van der Waals surface area contributed by atoms with Gasteiger partial charge in [0, 0.05) is 9.79 Å². The molecule has 0 aliphatic heterocycles. The van der Waals surface area contributed by atoms with E-state index in [9.17, 15) is 17.6 Å². The Morgan fingerprint density at radius 1 is 0.889 bits per heavy atom. The van der Waals surface area contributed by atoms with Crippen molar-refractivity contribution < 1.29 is 22.3 Å². The van der Waals surface area contributed by atoms with Gasteiger partial charge in [0.2, 0.25) is 5.91 Å². The first-order valence-corrected chi connectivity index (χ1v) is 13.2. The van der Waals surface area contributed by atoms with Crippen molar-refractivity contribution in [2.45, 2.75) is 14.7 Å². The molecule has 184 valence electrons. The van der Waals surface area contributed by atoms with E-state index in [1.54, 1.807) is 12.1 Å². The predicted octanol–water partition coefficient (Wildman–Crippen LogP) is 5.82. The molecule has 36 heavy (non-hydrogen) atoms. The van der Waals surface area contributed by atoms with Crippen LogP contribution in [0.1, 0.15) is 0 Å². The summed E-state index contributed by atoms with van der Waals surface area (Å²) in [6, 6.07) is 27.7. The Hall–Kier alpha value is -3.82. The summed E-state index contributed by atoms with van der Waals surface area (Å²) in [5, 5.41) is 2.82. The van der Waals surface area contributed by atoms with Crippen molar-refractivity contribution in [3.8, 4) is 5.75 Å². The Morgan fingerprint density at radius 3 is 2.19 bits per heavy atom. The van der Waals surface area contributed by atoms with Crippen LogP contribution in [0, 0.1) is 5.82 Å². The maximum absolute atomic E-state index is 13.6. The van der Waals surface area contributed by atoms with Gasteiger partial charge in [-0.2, -0.15) is 0 Å². The minimum absolute atomic E-state index is 0.0274. The summed E-state index contributed by atoms with van der Waals surface area (Å²) >= 11 is 1.48. The Bertz CT molecular complexity index is 1430. The Balaban J connectivity index is 1.61. The second kappa shape index (κ2) is 11.3. The van der Waals surface area contributed by atoms with Gasteiger partial charge >= 0.3 is 0 Å². The van der Waals surface area contributed by atoms with Crippen LogP contribution in [0.5, 0.6) is 5.75 Å². The van der Waals surface area contributed by atoms with Gasteiger partial charge in [0.15, 0.2) is 0 Å². The fourth-order valence-corrected chi connectivity index (χ4v) is 5.74. The van der Waals surface area contributed by atoms with E-state index in [1.807, 2.05) is 42.5 Å². The van der Waals surface area contributed by atoms with E-state index in [4.69, 9.17) is 4.74 Å². The highest BCUT2D eigenvalue weighted by Gasteiger charge is 2.27. The van der Waals surface area contributed by atoms with Crippen molar-refractivity contribution in [1.82, 2.24) is 0 Å². The molecule has 1 N–H and O–H groups in total. The minimum atomic E-state index is -4.15. The number of hydrogen-bond donors (Lipinski definition) is 1. The van der Waals surface area contributed by atoms with E-state index >= 15 is 0 Å². The topological polar surface area (TPSA) is 75.7 Å². The minimum Gasteiger partial charge on any atom is -0.497 e. The zero-order valence-corrected chi connectivity index (χ0v) is 20.9. The van der Waals surface area contributed by atoms with Gasteiger partial charge in [-0.05, 0) is 72.8 Å². The van der Waals surface area contributed by atoms with Crippen LogP contribution < -0.4 is 14.4 Å². The summed E-state index contributed by atoms with van der Waals surface area (Å²) in [5.74, 6) is -0.568. The molecule has 0 saturated heterocycles. The Morgan fingerprint density at radius 2 is 1.53 bits per heavy atom. The average Bonchev–Trinajstić information content (AvgIpc) is 2.89. The van der Waals surface area contributed by atoms with Gasteiger partial charge in [-0.15, -0.1) is 0 Å². The highest BCUT2D eigenvalue weighted by atomic mass is 32.2. The molecule has 4 aromatic rings. The highest BCUT2D eigenvalue weighted by Crippen LogP contribution is 2.33. The number of nitrogens with zero attached hydrogens (tertiary/aromatic N) is 1. The number of para-hydroxylation sites is 1. The summed E-state index contributed by atoms with van der Waals surface area (Å²) in [6.07, 6.45) is 0. The molecular formula is C27H23FN2O4S2. The second-order valence-electron chi connectivity index (χ2n) is 7.62. The first-order chi connectivity index (χ1) is 17.4. The van der Waals surface area contributed by atoms with Crippen molar-refractivity contribution in [1.29, 1.82) is 0 Å². The third-order valence-electron chi connectivity index (χ3n) is 5.18. The second-order valence-corrected chi connectivity index (χ2v) is 10.6. The maximum Gasteiger partial charge on any atom is 0.264 e. The molecule has 4 rings (SSSR count). The first kappa shape index (κ1) is 25.3. The number of nitrogens with one attached hydrogen (secondary N) is 1. The average molecular weight is 523 g/mol. The van der Waals surface area contributed by atoms with E-state index in [0.717, 1.165) is 26.2 Å². The monoisotopic (exact) mass is 522 g/mol. The van der Waals surface area contributed by atoms with Crippen LogP contribution in [0.15, 0.2) is 118 Å². The van der Waals surface area contributed by atoms with E-state index in [1.165, 1.54) is 55.3 Å². The van der Waals surface area contributed by atoms with Crippen LogP contribution in [0.25, 0.3) is 0 Å². The summed E-state index contributed by atoms with van der Waals surface area (Å²) in [7, 11) is -2.67. The molecule has 0 radical (unpaired) electrons. The first-order valence-electron chi connectivity index (χ1n) is 10.9. The maximum atomic E-state index is 13.6. The lowest BCUT2D eigenvalue weighted by molar-refractivity contribution is -0.114. The molecule has 0 spiro atoms. The van der Waals surface area contributed by atoms with Gasteiger partial charge in [-0.3, -0.25) is 9.10 Å². The third kappa shape index (κ3) is 6.05. The summed E-state index contributed by atoms with van der Waals surface area (Å²) < 4.78 is 46.7. The number of sulfonamides is 1. The van der Waals surface area contributed by atoms with Gasteiger partial charge in [-0.25, -0.2) is 12.8 Å². The van der Waals surface area contributed by atoms with E-state index in [-0.39, 0.29) is 10.6 Å². The number of rotatable bonds is 9. The lowest BCUT2D eigenvalue weighted by Gasteiger charge is -2.24. The van der Waals surface area contributed by atoms with Crippen LogP contribution in [-0.4, -0.2) is 28.0 Å². The third-order valence-corrected chi connectivity index (χ3v) is 8.05. The number of halogens is 1. The van der Waals surface area contributed by atoms with Gasteiger partial charge < -0.3 is 10.1 Å². The van der Waals surface area contributed by atoms with E-state index in [0.29, 0.717) is 11.4 Å². The molecule has 4 aromatic carbocycles. The molecular weight excluding hydrogens is 499 g/mol. The quantitative estimate of drug-likeness (QED) is 0.300. The van der Waals surface area contributed by atoms with Crippen LogP contribution in [0.3, 0.4) is 0 Å². The van der Waals surface area contributed by atoms with Gasteiger partial charge in [-0.1, -0.05) is 42.1 Å². The molecule has 0 unspecified atom stereocenters. The lowest BCUT2D eigenvalue weighted by atomic mass is 10.3. The number of amides is 1. The molecule has 0 atom stereocenters. The number of anilines is 2. The number of carbonyl (C=O) groups is 1. The smallest absolute Gasteiger partial charge is 0.264 e. The fourth-order valence-electron chi connectivity index (χ4n) is 3.39. The van der Waals surface area contributed by atoms with Crippen molar-refractivity contribution in [3.05, 3.63) is 109 Å². The number of ether oxygens (including phenoxy) is 1. The molecule has 0 aromatic heterocycles. The zero-order valence-electron chi connectivity index (χ0n) is 19.3. The number of benzene rings is 4. The van der Waals surface area contributed by atoms with Gasteiger partial charge in [0.05, 0.1) is 23.4 Å². The largest absolute Gasteiger partial charge is 0.497 e. The molecule has 0 aliphatic rings. The van der Waals surface area contributed by atoms with Crippen LogP contribution in [-0.2, 0) is 14.8 Å². The zero-order chi connectivity index (χ0) is 25.5. The van der Waals surface area contributed by atoms with E-state index < -0.39 is 28.3 Å². The normalized spacial score (nSPS) is 11.1. The number of hydrogen-bond acceptors (Lipinski definition) is 5. The SMILES string of the molecule is COc1ccc(S(=O)(=O)N(CC(=O)Nc2ccccc2Sc2ccccc2)c2ccc(F)cc2)cc1. The molecule has 9 heteroatoms. The van der Waals surface area contributed by atoms with Crippen molar-refractivity contribution in [3.63, 3.8) is 0 Å². The Kier molecular flexibility index (Phi) is 7.92. The highest BCUT2D eigenvalue weighted by molar-refractivity contribution is 7.99. The van der Waals surface area contributed by atoms with Crippen LogP contribution >= 0.6 is 11.8 Å². The fraction of sp³-hybridized carbons (Fsp3) is 0.0741. The molecule has 0 aliphatic carbocycles. The lowest BCUT2D eigenvalue weighted by Crippen LogP contribution is -2.38. The van der Waals surface area contributed by atoms with Gasteiger partial charge in [0.25, 0.3) is 10.0 Å². The summed E-state index contributed by atoms with van der Waals surface area (Å²) in [4.78, 5) is 14.9. The summed E-state index contributed by atoms with van der Waals surface area (Å²) in [6.45, 7) is -0.510. The molecule has 6 nitrogen and oxygen atoms in total. The Labute approximate surface area is 213 Å². The standard InChI is InChI=1S/C27H23FN2O4S2/c1-34-22-15-17-24(18-16-22)36(32,33)30(21-13-11-20(28)12-14-21)19-27(31)29-25-9-5-6-10-26(25)35-23-7-3-2-4-8-23/h2-18H,19H2,1H3,(H,29,31). The van der Waals surface area contributed by atoms with Crippen LogP contribution in [0.4, 0.5) is 15.8 Å². The molecule has 0 bridgehead atoms. The van der Waals surface area contributed by atoms with Crippen molar-refractivity contribution in [2.75, 3.05) is 23.3 Å².